The first kappa shape index (κ1) is 12.2. The zero-order valence-electron chi connectivity index (χ0n) is 8.50. The fourth-order valence-corrected chi connectivity index (χ4v) is 3.02. The van der Waals surface area contributed by atoms with E-state index in [1.165, 1.54) is 4.88 Å². The minimum atomic E-state index is 0.0931. The van der Waals surface area contributed by atoms with Gasteiger partial charge in [-0.3, -0.25) is 0 Å². The molecule has 80 valence electrons. The lowest BCUT2D eigenvalue weighted by Gasteiger charge is -2.20. The Morgan fingerprint density at radius 1 is 1.57 bits per heavy atom. The van der Waals surface area contributed by atoms with Crippen LogP contribution in [-0.4, -0.2) is 19.3 Å². The van der Waals surface area contributed by atoms with Crippen molar-refractivity contribution in [2.24, 2.45) is 5.73 Å². The highest BCUT2D eigenvalue weighted by molar-refractivity contribution is 9.11. The van der Waals surface area contributed by atoms with Gasteiger partial charge >= 0.3 is 0 Å². The van der Waals surface area contributed by atoms with E-state index in [1.54, 1.807) is 18.4 Å². The Morgan fingerprint density at radius 3 is 2.71 bits per heavy atom. The number of rotatable bonds is 5. The van der Waals surface area contributed by atoms with E-state index in [-0.39, 0.29) is 12.1 Å². The summed E-state index contributed by atoms with van der Waals surface area (Å²) in [4.78, 5) is 1.31. The summed E-state index contributed by atoms with van der Waals surface area (Å²) in [6.07, 6.45) is 2.02. The Balaban J connectivity index is 2.51. The van der Waals surface area contributed by atoms with Crippen molar-refractivity contribution < 1.29 is 4.74 Å². The maximum atomic E-state index is 6.05. The molecule has 0 spiro atoms. The number of nitrogens with two attached hydrogens (primary N) is 1. The molecule has 0 radical (unpaired) electrons. The first-order valence-corrected chi connectivity index (χ1v) is 6.31. The Labute approximate surface area is 97.6 Å². The van der Waals surface area contributed by atoms with Gasteiger partial charge < -0.3 is 10.5 Å². The van der Waals surface area contributed by atoms with Crippen LogP contribution >= 0.6 is 27.3 Å². The van der Waals surface area contributed by atoms with Crippen molar-refractivity contribution in [3.63, 3.8) is 0 Å². The smallest absolute Gasteiger partial charge is 0.0723 e. The molecule has 0 saturated carbocycles. The summed E-state index contributed by atoms with van der Waals surface area (Å²) in [6, 6.07) is 4.26. The fourth-order valence-electron chi connectivity index (χ4n) is 1.47. The first-order valence-electron chi connectivity index (χ1n) is 4.70. The van der Waals surface area contributed by atoms with Crippen LogP contribution < -0.4 is 5.73 Å². The van der Waals surface area contributed by atoms with E-state index in [1.807, 2.05) is 0 Å². The largest absolute Gasteiger partial charge is 0.380 e. The molecule has 0 amide bonds. The van der Waals surface area contributed by atoms with Crippen molar-refractivity contribution in [3.8, 4) is 0 Å². The molecule has 0 aromatic carbocycles. The van der Waals surface area contributed by atoms with Gasteiger partial charge in [0, 0.05) is 18.0 Å². The van der Waals surface area contributed by atoms with E-state index in [4.69, 9.17) is 10.5 Å². The molecule has 1 rings (SSSR count). The predicted octanol–water partition coefficient (Wildman–Crippen LogP) is 2.81. The lowest BCUT2D eigenvalue weighted by atomic mass is 10.1. The Hall–Kier alpha value is 0.1000. The highest BCUT2D eigenvalue weighted by Gasteiger charge is 2.16. The molecule has 2 nitrogen and oxygen atoms in total. The molecular formula is C10H16BrNOS. The van der Waals surface area contributed by atoms with Crippen LogP contribution in [0.3, 0.4) is 0 Å². The van der Waals surface area contributed by atoms with Crippen molar-refractivity contribution in [3.05, 3.63) is 20.8 Å². The Kier molecular flexibility index (Phi) is 5.09. The van der Waals surface area contributed by atoms with Gasteiger partial charge in [-0.25, -0.2) is 0 Å². The number of hydrogen-bond acceptors (Lipinski definition) is 3. The summed E-state index contributed by atoms with van der Waals surface area (Å²) in [6.45, 7) is 2.10. The van der Waals surface area contributed by atoms with E-state index in [0.717, 1.165) is 16.6 Å². The Bertz CT molecular complexity index is 273. The van der Waals surface area contributed by atoms with Crippen LogP contribution in [0.1, 0.15) is 18.2 Å². The average molecular weight is 278 g/mol. The minimum Gasteiger partial charge on any atom is -0.380 e. The quantitative estimate of drug-likeness (QED) is 0.899. The van der Waals surface area contributed by atoms with Gasteiger partial charge in [0.05, 0.1) is 9.89 Å². The van der Waals surface area contributed by atoms with Crippen molar-refractivity contribution in [1.29, 1.82) is 0 Å². The molecule has 0 fully saturated rings. The van der Waals surface area contributed by atoms with E-state index < -0.39 is 0 Å². The molecule has 1 heterocycles. The minimum absolute atomic E-state index is 0.0931. The van der Waals surface area contributed by atoms with Crippen LogP contribution in [-0.2, 0) is 11.2 Å². The second-order valence-corrected chi connectivity index (χ2v) is 5.80. The molecule has 4 heteroatoms. The number of ether oxygens (including phenoxy) is 1. The summed E-state index contributed by atoms with van der Waals surface area (Å²) in [7, 11) is 1.72. The van der Waals surface area contributed by atoms with Crippen molar-refractivity contribution in [2.45, 2.75) is 31.9 Å². The topological polar surface area (TPSA) is 35.2 Å². The lowest BCUT2D eigenvalue weighted by molar-refractivity contribution is 0.0775. The normalized spacial score (nSPS) is 15.4. The van der Waals surface area contributed by atoms with Gasteiger partial charge in [0.2, 0.25) is 0 Å². The first-order chi connectivity index (χ1) is 6.67. The molecule has 14 heavy (non-hydrogen) atoms. The third kappa shape index (κ3) is 3.35. The van der Waals surface area contributed by atoms with Crippen molar-refractivity contribution >= 4 is 27.3 Å². The van der Waals surface area contributed by atoms with E-state index in [0.29, 0.717) is 0 Å². The fraction of sp³-hybridized carbons (Fsp3) is 0.600. The number of halogens is 1. The van der Waals surface area contributed by atoms with Crippen LogP contribution in [0.15, 0.2) is 15.9 Å². The van der Waals surface area contributed by atoms with Gasteiger partial charge in [0.25, 0.3) is 0 Å². The van der Waals surface area contributed by atoms with Crippen LogP contribution in [0.5, 0.6) is 0 Å². The highest BCUT2D eigenvalue weighted by atomic mass is 79.9. The zero-order chi connectivity index (χ0) is 10.6. The van der Waals surface area contributed by atoms with Crippen LogP contribution in [0.25, 0.3) is 0 Å². The molecule has 1 aromatic heterocycles. The standard InChI is InChI=1S/C10H16BrNOS/c1-3-9(13-2)8(12)6-7-4-5-10(11)14-7/h4-5,8-9H,3,6,12H2,1-2H3. The van der Waals surface area contributed by atoms with Gasteiger partial charge in [-0.05, 0) is 40.9 Å². The molecule has 2 unspecified atom stereocenters. The van der Waals surface area contributed by atoms with Gasteiger partial charge in [0.15, 0.2) is 0 Å². The number of methoxy groups -OCH3 is 1. The third-order valence-corrected chi connectivity index (χ3v) is 3.89. The summed E-state index contributed by atoms with van der Waals surface area (Å²) >= 11 is 5.18. The van der Waals surface area contributed by atoms with Gasteiger partial charge in [-0.15, -0.1) is 11.3 Å². The molecule has 0 aliphatic rings. The van der Waals surface area contributed by atoms with Crippen LogP contribution in [0.2, 0.25) is 0 Å². The molecular weight excluding hydrogens is 262 g/mol. The number of hydrogen-bond donors (Lipinski definition) is 1. The summed E-state index contributed by atoms with van der Waals surface area (Å²) in [5.41, 5.74) is 6.05. The average Bonchev–Trinajstić information content (AvgIpc) is 2.53. The van der Waals surface area contributed by atoms with Gasteiger partial charge in [0.1, 0.15) is 0 Å². The van der Waals surface area contributed by atoms with Crippen LogP contribution in [0.4, 0.5) is 0 Å². The third-order valence-electron chi connectivity index (χ3n) is 2.25. The molecule has 0 aliphatic heterocycles. The number of thiophene rings is 1. The molecule has 0 aliphatic carbocycles. The summed E-state index contributed by atoms with van der Waals surface area (Å²) in [5.74, 6) is 0. The highest BCUT2D eigenvalue weighted by Crippen LogP contribution is 2.23. The SMILES string of the molecule is CCC(OC)C(N)Cc1ccc(Br)s1. The van der Waals surface area contributed by atoms with Crippen LogP contribution in [0, 0.1) is 0 Å². The molecule has 0 bridgehead atoms. The van der Waals surface area contributed by atoms with Crippen molar-refractivity contribution in [2.75, 3.05) is 7.11 Å². The lowest BCUT2D eigenvalue weighted by Crippen LogP contribution is -2.37. The maximum Gasteiger partial charge on any atom is 0.0723 e. The molecule has 0 saturated heterocycles. The van der Waals surface area contributed by atoms with E-state index in [9.17, 15) is 0 Å². The van der Waals surface area contributed by atoms with Gasteiger partial charge in [-0.2, -0.15) is 0 Å². The predicted molar refractivity (Wildman–Crippen MR) is 64.8 cm³/mol. The van der Waals surface area contributed by atoms with E-state index in [2.05, 4.69) is 35.0 Å². The molecule has 2 atom stereocenters. The maximum absolute atomic E-state index is 6.05. The monoisotopic (exact) mass is 277 g/mol. The summed E-state index contributed by atoms with van der Waals surface area (Å²) < 4.78 is 6.47. The van der Waals surface area contributed by atoms with Crippen molar-refractivity contribution in [1.82, 2.24) is 0 Å². The second kappa shape index (κ2) is 5.85. The summed E-state index contributed by atoms with van der Waals surface area (Å²) in [5, 5.41) is 0. The zero-order valence-corrected chi connectivity index (χ0v) is 10.9. The van der Waals surface area contributed by atoms with Gasteiger partial charge in [-0.1, -0.05) is 6.92 Å². The second-order valence-electron chi connectivity index (χ2n) is 3.26. The molecule has 2 N–H and O–H groups in total. The Morgan fingerprint density at radius 2 is 2.29 bits per heavy atom. The molecule has 1 aromatic rings. The van der Waals surface area contributed by atoms with E-state index >= 15 is 0 Å².